The summed E-state index contributed by atoms with van der Waals surface area (Å²) in [6.45, 7) is 4.80. The molecule has 2 N–H and O–H groups in total. The maximum Gasteiger partial charge on any atom is 0.263 e. The highest BCUT2D eigenvalue weighted by Crippen LogP contribution is 2.38. The average Bonchev–Trinajstić information content (AvgIpc) is 3.23. The summed E-state index contributed by atoms with van der Waals surface area (Å²) < 4.78 is 5.85. The highest BCUT2D eigenvalue weighted by atomic mass is 32.1. The summed E-state index contributed by atoms with van der Waals surface area (Å²) in [6, 6.07) is 0. The molecule has 0 radical (unpaired) electrons. The maximum atomic E-state index is 13.1. The number of ether oxygens (including phenoxy) is 1. The third-order valence-corrected chi connectivity index (χ3v) is 7.43. The molecular formula is C22H31N5O3S. The lowest BCUT2D eigenvalue weighted by Gasteiger charge is -2.30. The standard InChI is InChI=1S/C22H31N5O3S/c1-4-30-16(15-7-5-6-8-15)21(29)27(3)13-22(9-10-22)26-19(28)17-14(2)25-20(31-17)18-23-11-12-24-18/h11-12,15-16H,4-10,13H2,1-3H3,(H,23,24)(H,26,28). The van der Waals surface area contributed by atoms with Gasteiger partial charge in [-0.05, 0) is 45.4 Å². The van der Waals surface area contributed by atoms with Crippen LogP contribution in [-0.2, 0) is 9.53 Å². The van der Waals surface area contributed by atoms with Crippen molar-refractivity contribution in [2.24, 2.45) is 5.92 Å². The van der Waals surface area contributed by atoms with E-state index in [0.717, 1.165) is 25.7 Å². The highest BCUT2D eigenvalue weighted by molar-refractivity contribution is 7.17. The van der Waals surface area contributed by atoms with Crippen LogP contribution >= 0.6 is 11.3 Å². The Labute approximate surface area is 186 Å². The second kappa shape index (κ2) is 9.08. The zero-order valence-corrected chi connectivity index (χ0v) is 19.3. The molecule has 2 heterocycles. The van der Waals surface area contributed by atoms with Crippen LogP contribution in [0.3, 0.4) is 0 Å². The Morgan fingerprint density at radius 2 is 2.13 bits per heavy atom. The molecule has 0 aromatic carbocycles. The minimum atomic E-state index is -0.372. The summed E-state index contributed by atoms with van der Waals surface area (Å²) in [7, 11) is 1.82. The molecule has 2 aliphatic carbocycles. The minimum absolute atomic E-state index is 0.0309. The van der Waals surface area contributed by atoms with Crippen molar-refractivity contribution in [3.63, 3.8) is 0 Å². The van der Waals surface area contributed by atoms with Gasteiger partial charge in [-0.2, -0.15) is 0 Å². The summed E-state index contributed by atoms with van der Waals surface area (Å²) >= 11 is 1.33. The van der Waals surface area contributed by atoms with Gasteiger partial charge in [-0.15, -0.1) is 11.3 Å². The molecule has 2 fully saturated rings. The van der Waals surface area contributed by atoms with Crippen molar-refractivity contribution < 1.29 is 14.3 Å². The van der Waals surface area contributed by atoms with E-state index in [9.17, 15) is 9.59 Å². The van der Waals surface area contributed by atoms with Crippen LogP contribution in [-0.4, -0.2) is 63.5 Å². The van der Waals surface area contributed by atoms with Crippen LogP contribution in [0.4, 0.5) is 0 Å². The quantitative estimate of drug-likeness (QED) is 0.618. The Kier molecular flexibility index (Phi) is 6.43. The number of likely N-dealkylation sites (N-methyl/N-ethyl adjacent to an activating group) is 1. The van der Waals surface area contributed by atoms with E-state index in [0.29, 0.717) is 40.5 Å². The van der Waals surface area contributed by atoms with Crippen molar-refractivity contribution in [2.75, 3.05) is 20.2 Å². The summed E-state index contributed by atoms with van der Waals surface area (Å²) in [4.78, 5) is 40.2. The van der Waals surface area contributed by atoms with Crippen LogP contribution in [0.1, 0.15) is 60.8 Å². The van der Waals surface area contributed by atoms with Gasteiger partial charge in [0.05, 0.1) is 11.2 Å². The first-order valence-electron chi connectivity index (χ1n) is 11.1. The Morgan fingerprint density at radius 1 is 1.39 bits per heavy atom. The number of nitrogens with zero attached hydrogens (tertiary/aromatic N) is 3. The molecule has 2 aliphatic rings. The van der Waals surface area contributed by atoms with Gasteiger partial charge in [0.2, 0.25) is 0 Å². The number of hydrogen-bond acceptors (Lipinski definition) is 6. The fourth-order valence-electron chi connectivity index (χ4n) is 4.46. The molecule has 0 bridgehead atoms. The SMILES string of the molecule is CCOC(C(=O)N(C)CC1(NC(=O)c2sc(-c3ncc[nH]3)nc2C)CC1)C1CCCC1. The molecule has 2 saturated carbocycles. The van der Waals surface area contributed by atoms with Crippen molar-refractivity contribution in [1.82, 2.24) is 25.2 Å². The third kappa shape index (κ3) is 4.82. The molecule has 168 valence electrons. The molecule has 1 unspecified atom stereocenters. The number of aryl methyl sites for hydroxylation is 1. The first-order valence-corrected chi connectivity index (χ1v) is 11.9. The summed E-state index contributed by atoms with van der Waals surface area (Å²) in [5.41, 5.74) is 0.321. The number of hydrogen-bond donors (Lipinski definition) is 2. The molecule has 2 amide bonds. The number of carbonyl (C=O) groups is 2. The van der Waals surface area contributed by atoms with Crippen molar-refractivity contribution in [3.05, 3.63) is 23.0 Å². The second-order valence-corrected chi connectivity index (χ2v) is 9.72. The number of amides is 2. The number of imidazole rings is 1. The second-order valence-electron chi connectivity index (χ2n) is 8.72. The fraction of sp³-hybridized carbons (Fsp3) is 0.636. The van der Waals surface area contributed by atoms with E-state index in [1.54, 1.807) is 17.3 Å². The van der Waals surface area contributed by atoms with E-state index in [2.05, 4.69) is 20.3 Å². The molecule has 9 heteroatoms. The first-order chi connectivity index (χ1) is 14.9. The van der Waals surface area contributed by atoms with Crippen molar-refractivity contribution in [3.8, 4) is 10.8 Å². The largest absolute Gasteiger partial charge is 0.368 e. The minimum Gasteiger partial charge on any atom is -0.368 e. The first kappa shape index (κ1) is 22.0. The lowest BCUT2D eigenvalue weighted by atomic mass is 9.99. The van der Waals surface area contributed by atoms with E-state index in [1.165, 1.54) is 24.2 Å². The molecule has 31 heavy (non-hydrogen) atoms. The normalized spacial score (nSPS) is 18.7. The summed E-state index contributed by atoms with van der Waals surface area (Å²) in [6.07, 6.45) is 9.19. The average molecular weight is 446 g/mol. The molecule has 0 aliphatic heterocycles. The maximum absolute atomic E-state index is 13.1. The number of H-pyrrole nitrogens is 1. The number of thiazole rings is 1. The van der Waals surface area contributed by atoms with E-state index >= 15 is 0 Å². The molecule has 0 spiro atoms. The number of aromatic nitrogens is 3. The van der Waals surface area contributed by atoms with Gasteiger partial charge in [0.25, 0.3) is 11.8 Å². The van der Waals surface area contributed by atoms with E-state index in [1.807, 2.05) is 20.9 Å². The molecular weight excluding hydrogens is 414 g/mol. The van der Waals surface area contributed by atoms with Gasteiger partial charge >= 0.3 is 0 Å². The third-order valence-electron chi connectivity index (χ3n) is 6.27. The van der Waals surface area contributed by atoms with E-state index in [4.69, 9.17) is 4.74 Å². The van der Waals surface area contributed by atoms with Gasteiger partial charge in [-0.3, -0.25) is 9.59 Å². The predicted octanol–water partition coefficient (Wildman–Crippen LogP) is 3.16. The smallest absolute Gasteiger partial charge is 0.263 e. The van der Waals surface area contributed by atoms with E-state index < -0.39 is 0 Å². The molecule has 2 aromatic rings. The zero-order chi connectivity index (χ0) is 22.0. The van der Waals surface area contributed by atoms with Gasteiger partial charge in [0.15, 0.2) is 10.8 Å². The van der Waals surface area contributed by atoms with Crippen LogP contribution in [0.5, 0.6) is 0 Å². The fourth-order valence-corrected chi connectivity index (χ4v) is 5.38. The monoisotopic (exact) mass is 445 g/mol. The van der Waals surface area contributed by atoms with Crippen LogP contribution in [0.25, 0.3) is 10.8 Å². The van der Waals surface area contributed by atoms with Crippen LogP contribution in [0, 0.1) is 12.8 Å². The van der Waals surface area contributed by atoms with Crippen LogP contribution < -0.4 is 5.32 Å². The van der Waals surface area contributed by atoms with Crippen molar-refractivity contribution >= 4 is 23.2 Å². The Morgan fingerprint density at radius 3 is 2.74 bits per heavy atom. The van der Waals surface area contributed by atoms with Crippen LogP contribution in [0.2, 0.25) is 0 Å². The topological polar surface area (TPSA) is 100 Å². The van der Waals surface area contributed by atoms with Crippen LogP contribution in [0.15, 0.2) is 12.4 Å². The predicted molar refractivity (Wildman–Crippen MR) is 119 cm³/mol. The molecule has 1 atom stereocenters. The van der Waals surface area contributed by atoms with Gasteiger partial charge in [-0.25, -0.2) is 9.97 Å². The van der Waals surface area contributed by atoms with Gasteiger partial charge in [0, 0.05) is 32.6 Å². The molecule has 8 nitrogen and oxygen atoms in total. The molecule has 4 rings (SSSR count). The van der Waals surface area contributed by atoms with Crippen molar-refractivity contribution in [1.29, 1.82) is 0 Å². The lowest BCUT2D eigenvalue weighted by molar-refractivity contribution is -0.146. The molecule has 0 saturated heterocycles. The lowest BCUT2D eigenvalue weighted by Crippen LogP contribution is -2.50. The number of carbonyl (C=O) groups excluding carboxylic acids is 2. The zero-order valence-electron chi connectivity index (χ0n) is 18.4. The number of aromatic amines is 1. The summed E-state index contributed by atoms with van der Waals surface area (Å²) in [5, 5.41) is 3.87. The number of rotatable bonds is 9. The Bertz CT molecular complexity index is 916. The number of nitrogens with one attached hydrogen (secondary N) is 2. The molecule has 2 aromatic heterocycles. The highest BCUT2D eigenvalue weighted by Gasteiger charge is 2.47. The Hall–Kier alpha value is -2.26. The summed E-state index contributed by atoms with van der Waals surface area (Å²) in [5.74, 6) is 0.860. The van der Waals surface area contributed by atoms with Gasteiger partial charge in [-0.1, -0.05) is 12.8 Å². The van der Waals surface area contributed by atoms with E-state index in [-0.39, 0.29) is 23.5 Å². The van der Waals surface area contributed by atoms with Crippen molar-refractivity contribution in [2.45, 2.75) is 64.0 Å². The van der Waals surface area contributed by atoms with Gasteiger partial charge in [0.1, 0.15) is 11.0 Å². The van der Waals surface area contributed by atoms with Gasteiger partial charge < -0.3 is 19.9 Å². The Balaban J connectivity index is 1.40.